The summed E-state index contributed by atoms with van der Waals surface area (Å²) < 4.78 is 0. The van der Waals surface area contributed by atoms with Gasteiger partial charge in [0.1, 0.15) is 11.5 Å². The molecule has 47 heavy (non-hydrogen) atoms. The standard InChI is InChI=1S/C30H54O.C15H24O/c1-3-5-7-9-11-13-15-17-19-21-23-28-25-26-30(31)27-29(28)24-22-20-18-16-14-12-10-8-6-4-2;1-2-3-4-5-6-7-8-11-14-12-9-10-13-15(14)16/h25-27,31H,3-24H2,1-2H3;9-10,12-13,16H,2-8,11H2,1H3. The van der Waals surface area contributed by atoms with Gasteiger partial charge in [0.25, 0.3) is 0 Å². The third-order valence-corrected chi connectivity index (χ3v) is 9.83. The molecule has 0 spiro atoms. The van der Waals surface area contributed by atoms with E-state index in [9.17, 15) is 10.2 Å². The van der Waals surface area contributed by atoms with E-state index in [1.54, 1.807) is 6.07 Å². The number of aromatic hydroxyl groups is 2. The normalized spacial score (nSPS) is 11.0. The van der Waals surface area contributed by atoms with Crippen LogP contribution in [0, 0.1) is 0 Å². The first-order chi connectivity index (χ1) is 23.1. The Balaban J connectivity index is 0.000000577. The molecule has 0 amide bonds. The number of unbranched alkanes of at least 4 members (excludes halogenated alkanes) is 24. The number of para-hydroxylation sites is 1. The van der Waals surface area contributed by atoms with E-state index in [1.807, 2.05) is 30.3 Å². The first-order valence-electron chi connectivity index (χ1n) is 20.7. The molecule has 2 nitrogen and oxygen atoms in total. The molecule has 270 valence electrons. The average molecular weight is 651 g/mol. The van der Waals surface area contributed by atoms with Crippen LogP contribution in [0.5, 0.6) is 11.5 Å². The SMILES string of the molecule is CCCCCCCCCCCCc1ccc(O)cc1CCCCCCCCCCCC.CCCCCCCCCc1ccccc1O. The number of hydrogen-bond donors (Lipinski definition) is 2. The summed E-state index contributed by atoms with van der Waals surface area (Å²) in [7, 11) is 0. The predicted molar refractivity (Wildman–Crippen MR) is 209 cm³/mol. The highest BCUT2D eigenvalue weighted by atomic mass is 16.3. The summed E-state index contributed by atoms with van der Waals surface area (Å²) in [6.07, 6.45) is 40.4. The van der Waals surface area contributed by atoms with Crippen molar-refractivity contribution in [2.75, 3.05) is 0 Å². The van der Waals surface area contributed by atoms with Crippen molar-refractivity contribution in [3.05, 3.63) is 59.2 Å². The van der Waals surface area contributed by atoms with E-state index >= 15 is 0 Å². The molecule has 0 bridgehead atoms. The van der Waals surface area contributed by atoms with Gasteiger partial charge in [-0.2, -0.15) is 0 Å². The molecule has 2 aromatic rings. The number of hydrogen-bond acceptors (Lipinski definition) is 2. The molecule has 0 saturated heterocycles. The molecule has 2 heteroatoms. The maximum atomic E-state index is 9.94. The van der Waals surface area contributed by atoms with Gasteiger partial charge in [0, 0.05) is 0 Å². The summed E-state index contributed by atoms with van der Waals surface area (Å²) in [5, 5.41) is 19.5. The summed E-state index contributed by atoms with van der Waals surface area (Å²) in [6.45, 7) is 6.82. The molecular formula is C45H78O2. The first-order valence-corrected chi connectivity index (χ1v) is 20.7. The van der Waals surface area contributed by atoms with Crippen LogP contribution in [0.2, 0.25) is 0 Å². The Morgan fingerprint density at radius 3 is 1.09 bits per heavy atom. The number of rotatable bonds is 30. The Bertz CT molecular complexity index is 935. The maximum absolute atomic E-state index is 9.94. The minimum atomic E-state index is 0.439. The molecule has 0 aliphatic rings. The van der Waals surface area contributed by atoms with E-state index in [4.69, 9.17) is 0 Å². The average Bonchev–Trinajstić information content (AvgIpc) is 3.08. The van der Waals surface area contributed by atoms with Crippen molar-refractivity contribution in [2.24, 2.45) is 0 Å². The topological polar surface area (TPSA) is 40.5 Å². The fraction of sp³-hybridized carbons (Fsp3) is 0.733. The van der Waals surface area contributed by atoms with Crippen molar-refractivity contribution in [1.82, 2.24) is 0 Å². The van der Waals surface area contributed by atoms with Gasteiger partial charge in [0.2, 0.25) is 0 Å². The van der Waals surface area contributed by atoms with Crippen LogP contribution in [-0.4, -0.2) is 10.2 Å². The Labute approximate surface area is 293 Å². The van der Waals surface area contributed by atoms with E-state index in [1.165, 1.54) is 191 Å². The smallest absolute Gasteiger partial charge is 0.118 e. The molecule has 0 heterocycles. The van der Waals surface area contributed by atoms with Gasteiger partial charge in [0.15, 0.2) is 0 Å². The second-order valence-electron chi connectivity index (χ2n) is 14.3. The van der Waals surface area contributed by atoms with Crippen molar-refractivity contribution in [3.63, 3.8) is 0 Å². The Morgan fingerprint density at radius 1 is 0.340 bits per heavy atom. The van der Waals surface area contributed by atoms with Crippen LogP contribution < -0.4 is 0 Å². The maximum Gasteiger partial charge on any atom is 0.118 e. The van der Waals surface area contributed by atoms with Gasteiger partial charge >= 0.3 is 0 Å². The minimum Gasteiger partial charge on any atom is -0.508 e. The number of benzene rings is 2. The molecule has 2 rings (SSSR count). The molecule has 0 aromatic heterocycles. The third kappa shape index (κ3) is 25.7. The number of phenolic OH excluding ortho intramolecular Hbond substituents is 2. The lowest BCUT2D eigenvalue weighted by atomic mass is 9.96. The fourth-order valence-electron chi connectivity index (χ4n) is 6.69. The lowest BCUT2D eigenvalue weighted by Crippen LogP contribution is -1.96. The Morgan fingerprint density at radius 2 is 0.681 bits per heavy atom. The van der Waals surface area contributed by atoms with Crippen molar-refractivity contribution < 1.29 is 10.2 Å². The van der Waals surface area contributed by atoms with Gasteiger partial charge in [-0.3, -0.25) is 0 Å². The van der Waals surface area contributed by atoms with Gasteiger partial charge in [-0.25, -0.2) is 0 Å². The highest BCUT2D eigenvalue weighted by Gasteiger charge is 2.05. The molecule has 0 unspecified atom stereocenters. The quantitative estimate of drug-likeness (QED) is 0.0826. The molecular weight excluding hydrogens is 572 g/mol. The second kappa shape index (κ2) is 32.6. The van der Waals surface area contributed by atoms with Crippen molar-refractivity contribution >= 4 is 0 Å². The fourth-order valence-corrected chi connectivity index (χ4v) is 6.69. The van der Waals surface area contributed by atoms with Gasteiger partial charge in [-0.15, -0.1) is 0 Å². The number of phenols is 2. The van der Waals surface area contributed by atoms with E-state index < -0.39 is 0 Å². The van der Waals surface area contributed by atoms with Crippen LogP contribution in [0.1, 0.15) is 211 Å². The van der Waals surface area contributed by atoms with E-state index in [2.05, 4.69) is 26.8 Å². The number of aryl methyl sites for hydroxylation is 3. The Kier molecular flexibility index (Phi) is 29.9. The van der Waals surface area contributed by atoms with Crippen LogP contribution in [-0.2, 0) is 19.3 Å². The zero-order valence-electron chi connectivity index (χ0n) is 31.6. The zero-order chi connectivity index (χ0) is 34.0. The molecule has 2 aromatic carbocycles. The summed E-state index contributed by atoms with van der Waals surface area (Å²) in [4.78, 5) is 0. The van der Waals surface area contributed by atoms with E-state index in [-0.39, 0.29) is 0 Å². The van der Waals surface area contributed by atoms with Crippen LogP contribution in [0.25, 0.3) is 0 Å². The van der Waals surface area contributed by atoms with Crippen LogP contribution in [0.15, 0.2) is 42.5 Å². The summed E-state index contributed by atoms with van der Waals surface area (Å²) >= 11 is 0. The molecule has 0 aliphatic carbocycles. The summed E-state index contributed by atoms with van der Waals surface area (Å²) in [5.41, 5.74) is 3.97. The first kappa shape index (κ1) is 43.1. The lowest BCUT2D eigenvalue weighted by Gasteiger charge is -2.11. The molecule has 0 atom stereocenters. The third-order valence-electron chi connectivity index (χ3n) is 9.83. The van der Waals surface area contributed by atoms with Crippen molar-refractivity contribution in [3.8, 4) is 11.5 Å². The zero-order valence-corrected chi connectivity index (χ0v) is 31.6. The monoisotopic (exact) mass is 651 g/mol. The van der Waals surface area contributed by atoms with Gasteiger partial charge in [0.05, 0.1) is 0 Å². The predicted octanol–water partition coefficient (Wildman–Crippen LogP) is 15.0. The van der Waals surface area contributed by atoms with Gasteiger partial charge < -0.3 is 10.2 Å². The van der Waals surface area contributed by atoms with E-state index in [0.717, 1.165) is 18.4 Å². The Hall–Kier alpha value is -1.96. The minimum absolute atomic E-state index is 0.439. The lowest BCUT2D eigenvalue weighted by molar-refractivity contribution is 0.466. The van der Waals surface area contributed by atoms with Crippen LogP contribution >= 0.6 is 0 Å². The molecule has 0 saturated carbocycles. The molecule has 0 radical (unpaired) electrons. The van der Waals surface area contributed by atoms with E-state index in [0.29, 0.717) is 11.5 Å². The van der Waals surface area contributed by atoms with Crippen LogP contribution in [0.3, 0.4) is 0 Å². The van der Waals surface area contributed by atoms with Gasteiger partial charge in [-0.1, -0.05) is 199 Å². The largest absolute Gasteiger partial charge is 0.508 e. The summed E-state index contributed by atoms with van der Waals surface area (Å²) in [6, 6.07) is 13.8. The molecule has 0 aliphatic heterocycles. The summed E-state index contributed by atoms with van der Waals surface area (Å²) in [5.74, 6) is 0.891. The molecule has 2 N–H and O–H groups in total. The van der Waals surface area contributed by atoms with Gasteiger partial charge in [-0.05, 0) is 73.4 Å². The molecule has 0 fully saturated rings. The highest BCUT2D eigenvalue weighted by molar-refractivity contribution is 5.35. The van der Waals surface area contributed by atoms with Crippen LogP contribution in [0.4, 0.5) is 0 Å². The second-order valence-corrected chi connectivity index (χ2v) is 14.3. The van der Waals surface area contributed by atoms with Crippen molar-refractivity contribution in [1.29, 1.82) is 0 Å². The highest BCUT2D eigenvalue weighted by Crippen LogP contribution is 2.23. The van der Waals surface area contributed by atoms with Crippen molar-refractivity contribution in [2.45, 2.75) is 213 Å².